The summed E-state index contributed by atoms with van der Waals surface area (Å²) < 4.78 is 40.4. The van der Waals surface area contributed by atoms with E-state index in [0.29, 0.717) is 40.3 Å². The van der Waals surface area contributed by atoms with Gasteiger partial charge in [0, 0.05) is 36.6 Å². The lowest BCUT2D eigenvalue weighted by atomic mass is 10.1. The van der Waals surface area contributed by atoms with Crippen molar-refractivity contribution in [2.24, 2.45) is 0 Å². The molecule has 3 heterocycles. The molecule has 0 spiro atoms. The van der Waals surface area contributed by atoms with Gasteiger partial charge in [-0.1, -0.05) is 12.1 Å². The lowest BCUT2D eigenvalue weighted by molar-refractivity contribution is -0.137. The van der Waals surface area contributed by atoms with Crippen LogP contribution in [0.4, 0.5) is 35.2 Å². The molecule has 0 saturated carbocycles. The van der Waals surface area contributed by atoms with Gasteiger partial charge in [0.15, 0.2) is 5.82 Å². The maximum Gasteiger partial charge on any atom is 0.416 e. The third-order valence-corrected chi connectivity index (χ3v) is 6.18. The number of aromatic nitrogens is 2. The van der Waals surface area contributed by atoms with E-state index in [1.165, 1.54) is 6.07 Å². The SMILES string of the molecule is CCN1CC[C@@H](C)N(C(=O)Nc2ccnc(Br)c2)c2nc(-c3cccc(C(F)(F)F)c3)ccc21. The number of amides is 2. The van der Waals surface area contributed by atoms with Crippen molar-refractivity contribution >= 4 is 39.2 Å². The molecule has 0 unspecified atom stereocenters. The quantitative estimate of drug-likeness (QED) is 0.386. The lowest BCUT2D eigenvalue weighted by Crippen LogP contribution is -2.42. The second kappa shape index (κ2) is 9.61. The van der Waals surface area contributed by atoms with Crippen LogP contribution in [0, 0.1) is 0 Å². The molecule has 0 radical (unpaired) electrons. The molecular formula is C24H23BrF3N5O. The van der Waals surface area contributed by atoms with Crippen molar-refractivity contribution < 1.29 is 18.0 Å². The summed E-state index contributed by atoms with van der Waals surface area (Å²) in [7, 11) is 0. The van der Waals surface area contributed by atoms with Crippen LogP contribution in [-0.4, -0.2) is 35.1 Å². The maximum absolute atomic E-state index is 13.4. The van der Waals surface area contributed by atoms with Gasteiger partial charge in [-0.05, 0) is 72.6 Å². The molecule has 1 aromatic carbocycles. The van der Waals surface area contributed by atoms with Crippen molar-refractivity contribution in [3.8, 4) is 11.3 Å². The van der Waals surface area contributed by atoms with E-state index in [-0.39, 0.29) is 12.1 Å². The predicted molar refractivity (Wildman–Crippen MR) is 130 cm³/mol. The molecule has 1 aliphatic heterocycles. The van der Waals surface area contributed by atoms with Gasteiger partial charge in [-0.25, -0.2) is 14.8 Å². The summed E-state index contributed by atoms with van der Waals surface area (Å²) in [6.07, 6.45) is -2.18. The Labute approximate surface area is 203 Å². The second-order valence-electron chi connectivity index (χ2n) is 8.00. The van der Waals surface area contributed by atoms with Crippen molar-refractivity contribution in [1.82, 2.24) is 9.97 Å². The first-order valence-electron chi connectivity index (χ1n) is 10.8. The van der Waals surface area contributed by atoms with E-state index < -0.39 is 11.7 Å². The number of hydrogen-bond acceptors (Lipinski definition) is 4. The Morgan fingerprint density at radius 2 is 2.00 bits per heavy atom. The number of carbonyl (C=O) groups is 1. The van der Waals surface area contributed by atoms with Crippen LogP contribution >= 0.6 is 15.9 Å². The number of fused-ring (bicyclic) bond motifs is 1. The van der Waals surface area contributed by atoms with Crippen LogP contribution in [0.15, 0.2) is 59.3 Å². The molecule has 6 nitrogen and oxygen atoms in total. The third kappa shape index (κ3) is 5.01. The summed E-state index contributed by atoms with van der Waals surface area (Å²) in [6, 6.07) is 11.4. The van der Waals surface area contributed by atoms with E-state index in [9.17, 15) is 18.0 Å². The molecule has 2 amide bonds. The summed E-state index contributed by atoms with van der Waals surface area (Å²) in [5.41, 5.74) is 1.26. The first-order chi connectivity index (χ1) is 16.2. The summed E-state index contributed by atoms with van der Waals surface area (Å²) in [4.78, 5) is 25.9. The average Bonchev–Trinajstić information content (AvgIpc) is 2.93. The van der Waals surface area contributed by atoms with Crippen LogP contribution in [0.1, 0.15) is 25.8 Å². The largest absolute Gasteiger partial charge is 0.416 e. The van der Waals surface area contributed by atoms with Gasteiger partial charge in [0.25, 0.3) is 0 Å². The molecule has 0 saturated heterocycles. The van der Waals surface area contributed by atoms with Crippen LogP contribution in [0.2, 0.25) is 0 Å². The molecule has 2 aromatic heterocycles. The minimum Gasteiger partial charge on any atom is -0.369 e. The van der Waals surface area contributed by atoms with Crippen molar-refractivity contribution in [1.29, 1.82) is 0 Å². The highest BCUT2D eigenvalue weighted by Gasteiger charge is 2.32. The number of nitrogens with one attached hydrogen (secondary N) is 1. The normalized spacial score (nSPS) is 16.1. The van der Waals surface area contributed by atoms with E-state index in [0.717, 1.165) is 24.4 Å². The van der Waals surface area contributed by atoms with Crippen LogP contribution in [0.3, 0.4) is 0 Å². The van der Waals surface area contributed by atoms with Gasteiger partial charge in [0.2, 0.25) is 0 Å². The third-order valence-electron chi connectivity index (χ3n) is 5.74. The molecule has 4 rings (SSSR count). The van der Waals surface area contributed by atoms with Crippen LogP contribution in [0.25, 0.3) is 11.3 Å². The second-order valence-corrected chi connectivity index (χ2v) is 8.82. The van der Waals surface area contributed by atoms with Crippen LogP contribution in [0.5, 0.6) is 0 Å². The van der Waals surface area contributed by atoms with E-state index in [1.807, 2.05) is 19.9 Å². The fourth-order valence-electron chi connectivity index (χ4n) is 3.97. The topological polar surface area (TPSA) is 61.4 Å². The molecule has 1 aliphatic rings. The number of nitrogens with zero attached hydrogens (tertiary/aromatic N) is 4. The number of alkyl halides is 3. The predicted octanol–water partition coefficient (Wildman–Crippen LogP) is 6.58. The fourth-order valence-corrected chi connectivity index (χ4v) is 4.34. The first-order valence-corrected chi connectivity index (χ1v) is 11.6. The minimum absolute atomic E-state index is 0.190. The van der Waals surface area contributed by atoms with Crippen molar-refractivity contribution in [3.63, 3.8) is 0 Å². The molecule has 0 aliphatic carbocycles. The highest BCUT2D eigenvalue weighted by Crippen LogP contribution is 2.37. The van der Waals surface area contributed by atoms with Crippen molar-refractivity contribution in [2.45, 2.75) is 32.5 Å². The van der Waals surface area contributed by atoms with Gasteiger partial charge in [-0.2, -0.15) is 13.2 Å². The van der Waals surface area contributed by atoms with E-state index in [4.69, 9.17) is 4.98 Å². The number of rotatable bonds is 3. The smallest absolute Gasteiger partial charge is 0.369 e. The van der Waals surface area contributed by atoms with E-state index in [1.54, 1.807) is 35.4 Å². The molecule has 10 heteroatoms. The van der Waals surface area contributed by atoms with Crippen molar-refractivity contribution in [3.05, 3.63) is 64.9 Å². The molecule has 3 aromatic rings. The fraction of sp³-hybridized carbons (Fsp3) is 0.292. The minimum atomic E-state index is -4.46. The average molecular weight is 534 g/mol. The highest BCUT2D eigenvalue weighted by molar-refractivity contribution is 9.10. The monoisotopic (exact) mass is 533 g/mol. The standard InChI is InChI=1S/C24H23BrF3N5O/c1-3-32-12-10-15(2)33(23(34)30-18-9-11-29-21(25)14-18)22-20(32)8-7-19(31-22)16-5-4-6-17(13-16)24(26,27)28/h4-9,11,13-15H,3,10,12H2,1-2H3,(H,29,30,34)/t15-/m1/s1. The Hall–Kier alpha value is -3.14. The Morgan fingerprint density at radius 3 is 2.71 bits per heavy atom. The number of halogens is 4. The Kier molecular flexibility index (Phi) is 6.79. The summed E-state index contributed by atoms with van der Waals surface area (Å²) in [5.74, 6) is 0.410. The van der Waals surface area contributed by atoms with Gasteiger partial charge in [0.05, 0.1) is 16.9 Å². The van der Waals surface area contributed by atoms with Crippen molar-refractivity contribution in [2.75, 3.05) is 28.2 Å². The molecular weight excluding hydrogens is 511 g/mol. The first kappa shape index (κ1) is 24.0. The number of hydrogen-bond donors (Lipinski definition) is 1. The van der Waals surface area contributed by atoms with Crippen LogP contribution < -0.4 is 15.1 Å². The molecule has 0 bridgehead atoms. The zero-order valence-electron chi connectivity index (χ0n) is 18.6. The zero-order chi connectivity index (χ0) is 24.5. The molecule has 0 fully saturated rings. The summed E-state index contributed by atoms with van der Waals surface area (Å²) in [6.45, 7) is 5.37. The van der Waals surface area contributed by atoms with Gasteiger partial charge in [-0.15, -0.1) is 0 Å². The van der Waals surface area contributed by atoms with Gasteiger partial charge in [0.1, 0.15) is 4.60 Å². The number of urea groups is 1. The molecule has 1 atom stereocenters. The van der Waals surface area contributed by atoms with E-state index in [2.05, 4.69) is 31.1 Å². The summed E-state index contributed by atoms with van der Waals surface area (Å²) >= 11 is 3.30. The van der Waals surface area contributed by atoms with E-state index >= 15 is 0 Å². The Bertz CT molecular complexity index is 1200. The zero-order valence-corrected chi connectivity index (χ0v) is 20.2. The number of benzene rings is 1. The Balaban J connectivity index is 1.78. The number of anilines is 3. The molecule has 178 valence electrons. The molecule has 1 N–H and O–H groups in total. The van der Waals surface area contributed by atoms with Gasteiger partial charge >= 0.3 is 12.2 Å². The maximum atomic E-state index is 13.4. The molecule has 34 heavy (non-hydrogen) atoms. The lowest BCUT2D eigenvalue weighted by Gasteiger charge is -2.28. The number of pyridine rings is 2. The number of carbonyl (C=O) groups excluding carboxylic acids is 1. The summed E-state index contributed by atoms with van der Waals surface area (Å²) in [5, 5.41) is 2.88. The highest BCUT2D eigenvalue weighted by atomic mass is 79.9. The Morgan fingerprint density at radius 1 is 1.21 bits per heavy atom. The van der Waals surface area contributed by atoms with Crippen LogP contribution in [-0.2, 0) is 6.18 Å². The van der Waals surface area contributed by atoms with Gasteiger partial charge < -0.3 is 10.2 Å². The van der Waals surface area contributed by atoms with Gasteiger partial charge in [-0.3, -0.25) is 4.90 Å².